The lowest BCUT2D eigenvalue weighted by Gasteiger charge is -2.14. The molecule has 0 aliphatic rings. The molecular formula is C17H19BrClN. The first kappa shape index (κ1) is 15.6. The zero-order valence-corrected chi connectivity index (χ0v) is 14.1. The van der Waals surface area contributed by atoms with E-state index in [1.165, 1.54) is 5.56 Å². The molecule has 0 aliphatic heterocycles. The quantitative estimate of drug-likeness (QED) is 0.788. The Balaban J connectivity index is 2.22. The molecule has 0 heterocycles. The van der Waals surface area contributed by atoms with Gasteiger partial charge in [0, 0.05) is 9.50 Å². The number of hydrogen-bond donors (Lipinski definition) is 1. The van der Waals surface area contributed by atoms with Crippen LogP contribution < -0.4 is 5.73 Å². The summed E-state index contributed by atoms with van der Waals surface area (Å²) in [6, 6.07) is 14.2. The van der Waals surface area contributed by atoms with Gasteiger partial charge in [0.05, 0.1) is 6.04 Å². The molecular weight excluding hydrogens is 334 g/mol. The minimum absolute atomic E-state index is 0.155. The van der Waals surface area contributed by atoms with Crippen molar-refractivity contribution in [1.29, 1.82) is 0 Å². The molecule has 0 saturated heterocycles. The summed E-state index contributed by atoms with van der Waals surface area (Å²) in [7, 11) is 0. The fourth-order valence-corrected chi connectivity index (χ4v) is 3.17. The minimum atomic E-state index is -0.155. The SMILES string of the molecule is CC(C)Cc1ccc(C(N)c2cc(Cl)cc(Br)c2)cc1. The topological polar surface area (TPSA) is 26.0 Å². The van der Waals surface area contributed by atoms with Crippen LogP contribution in [0.25, 0.3) is 0 Å². The second-order valence-electron chi connectivity index (χ2n) is 5.52. The van der Waals surface area contributed by atoms with E-state index in [0.717, 1.165) is 22.0 Å². The molecule has 0 amide bonds. The molecule has 0 aliphatic carbocycles. The maximum atomic E-state index is 6.33. The zero-order chi connectivity index (χ0) is 14.7. The van der Waals surface area contributed by atoms with Gasteiger partial charge in [0.15, 0.2) is 0 Å². The lowest BCUT2D eigenvalue weighted by molar-refractivity contribution is 0.647. The zero-order valence-electron chi connectivity index (χ0n) is 11.7. The van der Waals surface area contributed by atoms with Crippen LogP contribution in [-0.4, -0.2) is 0 Å². The average Bonchev–Trinajstić information content (AvgIpc) is 2.37. The van der Waals surface area contributed by atoms with Crippen molar-refractivity contribution in [2.24, 2.45) is 11.7 Å². The lowest BCUT2D eigenvalue weighted by atomic mass is 9.96. The fourth-order valence-electron chi connectivity index (χ4n) is 2.28. The molecule has 2 aromatic rings. The highest BCUT2D eigenvalue weighted by atomic mass is 79.9. The Morgan fingerprint density at radius 2 is 1.70 bits per heavy atom. The van der Waals surface area contributed by atoms with Crippen molar-refractivity contribution in [3.63, 3.8) is 0 Å². The van der Waals surface area contributed by atoms with E-state index in [1.54, 1.807) is 0 Å². The maximum Gasteiger partial charge on any atom is 0.0552 e. The van der Waals surface area contributed by atoms with Crippen LogP contribution in [0.15, 0.2) is 46.9 Å². The van der Waals surface area contributed by atoms with Crippen LogP contribution in [0.5, 0.6) is 0 Å². The van der Waals surface area contributed by atoms with Gasteiger partial charge in [-0.25, -0.2) is 0 Å². The van der Waals surface area contributed by atoms with Gasteiger partial charge in [-0.1, -0.05) is 65.6 Å². The largest absolute Gasteiger partial charge is 0.320 e. The van der Waals surface area contributed by atoms with Crippen molar-refractivity contribution in [2.45, 2.75) is 26.3 Å². The van der Waals surface area contributed by atoms with Crippen molar-refractivity contribution in [2.75, 3.05) is 0 Å². The average molecular weight is 353 g/mol. The van der Waals surface area contributed by atoms with Crippen molar-refractivity contribution < 1.29 is 0 Å². The van der Waals surface area contributed by atoms with Crippen molar-refractivity contribution in [1.82, 2.24) is 0 Å². The van der Waals surface area contributed by atoms with E-state index < -0.39 is 0 Å². The maximum absolute atomic E-state index is 6.33. The van der Waals surface area contributed by atoms with E-state index in [2.05, 4.69) is 54.0 Å². The van der Waals surface area contributed by atoms with E-state index in [0.29, 0.717) is 10.9 Å². The standard InChI is InChI=1S/C17H19BrClN/c1-11(2)7-12-3-5-13(6-4-12)17(20)14-8-15(18)10-16(19)9-14/h3-6,8-11,17H,7,20H2,1-2H3. The molecule has 0 spiro atoms. The van der Waals surface area contributed by atoms with Gasteiger partial charge in [0.25, 0.3) is 0 Å². The Labute approximate surface area is 134 Å². The van der Waals surface area contributed by atoms with Gasteiger partial charge >= 0.3 is 0 Å². The molecule has 1 atom stereocenters. The summed E-state index contributed by atoms with van der Waals surface area (Å²) in [5.74, 6) is 0.665. The molecule has 0 saturated carbocycles. The first-order valence-corrected chi connectivity index (χ1v) is 7.93. The molecule has 3 heteroatoms. The Bertz CT molecular complexity index is 558. The third-order valence-electron chi connectivity index (χ3n) is 3.23. The summed E-state index contributed by atoms with van der Waals surface area (Å²) in [4.78, 5) is 0. The van der Waals surface area contributed by atoms with Crippen LogP contribution in [-0.2, 0) is 6.42 Å². The van der Waals surface area contributed by atoms with Gasteiger partial charge in [0.1, 0.15) is 0 Å². The first-order valence-electron chi connectivity index (χ1n) is 6.76. The Morgan fingerprint density at radius 3 is 2.25 bits per heavy atom. The van der Waals surface area contributed by atoms with E-state index in [4.69, 9.17) is 17.3 Å². The lowest BCUT2D eigenvalue weighted by Crippen LogP contribution is -2.12. The van der Waals surface area contributed by atoms with Gasteiger partial charge < -0.3 is 5.73 Å². The summed E-state index contributed by atoms with van der Waals surface area (Å²) in [5, 5.41) is 0.696. The summed E-state index contributed by atoms with van der Waals surface area (Å²) >= 11 is 9.53. The fraction of sp³-hybridized carbons (Fsp3) is 0.294. The molecule has 20 heavy (non-hydrogen) atoms. The number of rotatable bonds is 4. The van der Waals surface area contributed by atoms with E-state index in [1.807, 2.05) is 18.2 Å². The van der Waals surface area contributed by atoms with E-state index in [-0.39, 0.29) is 6.04 Å². The third kappa shape index (κ3) is 4.08. The summed E-state index contributed by atoms with van der Waals surface area (Å²) in [6.07, 6.45) is 1.10. The molecule has 0 fully saturated rings. The summed E-state index contributed by atoms with van der Waals surface area (Å²) in [5.41, 5.74) is 9.79. The molecule has 1 unspecified atom stereocenters. The van der Waals surface area contributed by atoms with Crippen molar-refractivity contribution >= 4 is 27.5 Å². The van der Waals surface area contributed by atoms with Gasteiger partial charge in [-0.05, 0) is 47.2 Å². The van der Waals surface area contributed by atoms with Gasteiger partial charge in [-0.15, -0.1) is 0 Å². The number of hydrogen-bond acceptors (Lipinski definition) is 1. The summed E-state index contributed by atoms with van der Waals surface area (Å²) in [6.45, 7) is 4.45. The van der Waals surface area contributed by atoms with Crippen LogP contribution in [0.3, 0.4) is 0 Å². The van der Waals surface area contributed by atoms with Gasteiger partial charge in [-0.3, -0.25) is 0 Å². The highest BCUT2D eigenvalue weighted by molar-refractivity contribution is 9.10. The predicted molar refractivity (Wildman–Crippen MR) is 90.2 cm³/mol. The van der Waals surface area contributed by atoms with Crippen LogP contribution in [0.2, 0.25) is 5.02 Å². The second kappa shape index (κ2) is 6.75. The Morgan fingerprint density at radius 1 is 1.05 bits per heavy atom. The number of benzene rings is 2. The first-order chi connectivity index (χ1) is 9.45. The third-order valence-corrected chi connectivity index (χ3v) is 3.90. The number of halogens is 2. The van der Waals surface area contributed by atoms with Crippen molar-refractivity contribution in [3.8, 4) is 0 Å². The summed E-state index contributed by atoms with van der Waals surface area (Å²) < 4.78 is 0.951. The van der Waals surface area contributed by atoms with Gasteiger partial charge in [-0.2, -0.15) is 0 Å². The van der Waals surface area contributed by atoms with Crippen LogP contribution >= 0.6 is 27.5 Å². The molecule has 0 radical (unpaired) electrons. The molecule has 1 nitrogen and oxygen atoms in total. The highest BCUT2D eigenvalue weighted by Crippen LogP contribution is 2.26. The Kier molecular flexibility index (Phi) is 5.25. The molecule has 2 rings (SSSR count). The second-order valence-corrected chi connectivity index (χ2v) is 6.87. The molecule has 0 bridgehead atoms. The van der Waals surface area contributed by atoms with E-state index >= 15 is 0 Å². The molecule has 0 aromatic heterocycles. The van der Waals surface area contributed by atoms with Gasteiger partial charge in [0.2, 0.25) is 0 Å². The van der Waals surface area contributed by atoms with Crippen LogP contribution in [0.1, 0.15) is 36.6 Å². The normalized spacial score (nSPS) is 12.7. The minimum Gasteiger partial charge on any atom is -0.320 e. The Hall–Kier alpha value is -0.830. The van der Waals surface area contributed by atoms with E-state index in [9.17, 15) is 0 Å². The highest BCUT2D eigenvalue weighted by Gasteiger charge is 2.10. The molecule has 2 N–H and O–H groups in total. The van der Waals surface area contributed by atoms with Crippen molar-refractivity contribution in [3.05, 3.63) is 68.7 Å². The monoisotopic (exact) mass is 351 g/mol. The smallest absolute Gasteiger partial charge is 0.0552 e. The molecule has 2 aromatic carbocycles. The van der Waals surface area contributed by atoms with Crippen LogP contribution in [0.4, 0.5) is 0 Å². The van der Waals surface area contributed by atoms with Crippen LogP contribution in [0, 0.1) is 5.92 Å². The predicted octanol–water partition coefficient (Wildman–Crippen LogP) is 5.35. The molecule has 106 valence electrons. The number of nitrogens with two attached hydrogens (primary N) is 1.